The van der Waals surface area contributed by atoms with Crippen LogP contribution in [0.4, 0.5) is 0 Å². The first kappa shape index (κ1) is 13.5. The molecule has 2 rings (SSSR count). The van der Waals surface area contributed by atoms with Crippen molar-refractivity contribution in [3.63, 3.8) is 0 Å². The number of carbonyl (C=O) groups excluding carboxylic acids is 1. The van der Waals surface area contributed by atoms with Crippen molar-refractivity contribution < 1.29 is 14.3 Å². The molecule has 1 aliphatic heterocycles. The average molecular weight is 290 g/mol. The molecule has 1 heterocycles. The summed E-state index contributed by atoms with van der Waals surface area (Å²) in [5.74, 6) is 0.298. The summed E-state index contributed by atoms with van der Waals surface area (Å²) >= 11 is 11.6. The van der Waals surface area contributed by atoms with Gasteiger partial charge in [0.2, 0.25) is 0 Å². The topological polar surface area (TPSA) is 47.6 Å². The molecule has 1 fully saturated rings. The van der Waals surface area contributed by atoms with E-state index in [2.05, 4.69) is 5.32 Å². The molecule has 1 N–H and O–H groups in total. The SMILES string of the molecule is O=C(COc1cc(Cl)cc(Cl)c1)N[C@H]1CCOC1. The number of rotatable bonds is 4. The smallest absolute Gasteiger partial charge is 0.258 e. The van der Waals surface area contributed by atoms with E-state index < -0.39 is 0 Å². The van der Waals surface area contributed by atoms with Crippen molar-refractivity contribution in [1.29, 1.82) is 0 Å². The summed E-state index contributed by atoms with van der Waals surface area (Å²) in [5, 5.41) is 3.77. The first-order chi connectivity index (χ1) is 8.63. The van der Waals surface area contributed by atoms with Crippen molar-refractivity contribution in [2.24, 2.45) is 0 Å². The van der Waals surface area contributed by atoms with E-state index in [0.29, 0.717) is 29.0 Å². The highest BCUT2D eigenvalue weighted by atomic mass is 35.5. The van der Waals surface area contributed by atoms with Crippen LogP contribution in [0.15, 0.2) is 18.2 Å². The average Bonchev–Trinajstić information content (AvgIpc) is 2.78. The molecule has 6 heteroatoms. The Morgan fingerprint density at radius 3 is 2.72 bits per heavy atom. The third kappa shape index (κ3) is 4.05. The lowest BCUT2D eigenvalue weighted by Crippen LogP contribution is -2.38. The molecule has 1 amide bonds. The Morgan fingerprint density at radius 1 is 1.39 bits per heavy atom. The fourth-order valence-electron chi connectivity index (χ4n) is 1.68. The summed E-state index contributed by atoms with van der Waals surface area (Å²) in [6.45, 7) is 1.19. The van der Waals surface area contributed by atoms with Gasteiger partial charge in [-0.2, -0.15) is 0 Å². The second-order valence-corrected chi connectivity index (χ2v) is 4.89. The summed E-state index contributed by atoms with van der Waals surface area (Å²) in [6.07, 6.45) is 0.842. The lowest BCUT2D eigenvalue weighted by Gasteiger charge is -2.11. The summed E-state index contributed by atoms with van der Waals surface area (Å²) in [6, 6.07) is 4.91. The van der Waals surface area contributed by atoms with Crippen molar-refractivity contribution in [3.8, 4) is 5.75 Å². The van der Waals surface area contributed by atoms with Crippen LogP contribution >= 0.6 is 23.2 Å². The molecule has 98 valence electrons. The van der Waals surface area contributed by atoms with Gasteiger partial charge in [-0.1, -0.05) is 23.2 Å². The minimum absolute atomic E-state index is 0.0623. The molecule has 0 radical (unpaired) electrons. The Kier molecular flexibility index (Phi) is 4.69. The molecule has 0 saturated carbocycles. The van der Waals surface area contributed by atoms with E-state index in [1.807, 2.05) is 0 Å². The summed E-state index contributed by atoms with van der Waals surface area (Å²) < 4.78 is 10.5. The standard InChI is InChI=1S/C12H13Cl2NO3/c13-8-3-9(14)5-11(4-8)18-7-12(16)15-10-1-2-17-6-10/h3-5,10H,1-2,6-7H2,(H,15,16)/t10-/m0/s1. The molecule has 1 saturated heterocycles. The molecule has 0 spiro atoms. The maximum absolute atomic E-state index is 11.6. The van der Waals surface area contributed by atoms with Gasteiger partial charge in [0, 0.05) is 16.7 Å². The number of nitrogens with one attached hydrogen (secondary N) is 1. The van der Waals surface area contributed by atoms with Crippen LogP contribution in [0.2, 0.25) is 10.0 Å². The van der Waals surface area contributed by atoms with Crippen LogP contribution in [-0.4, -0.2) is 31.8 Å². The molecule has 18 heavy (non-hydrogen) atoms. The normalized spacial score (nSPS) is 18.7. The largest absolute Gasteiger partial charge is 0.484 e. The van der Waals surface area contributed by atoms with Crippen LogP contribution in [0.25, 0.3) is 0 Å². The molecular weight excluding hydrogens is 277 g/mol. The predicted octanol–water partition coefficient (Wildman–Crippen LogP) is 2.28. The Bertz CT molecular complexity index is 413. The first-order valence-electron chi connectivity index (χ1n) is 5.59. The highest BCUT2D eigenvalue weighted by Crippen LogP contribution is 2.24. The van der Waals surface area contributed by atoms with Gasteiger partial charge in [0.25, 0.3) is 5.91 Å². The predicted molar refractivity (Wildman–Crippen MR) is 69.3 cm³/mol. The maximum atomic E-state index is 11.6. The van der Waals surface area contributed by atoms with Gasteiger partial charge < -0.3 is 14.8 Å². The van der Waals surface area contributed by atoms with E-state index in [-0.39, 0.29) is 18.6 Å². The first-order valence-corrected chi connectivity index (χ1v) is 6.35. The molecule has 0 aliphatic carbocycles. The summed E-state index contributed by atoms with van der Waals surface area (Å²) in [4.78, 5) is 11.6. The van der Waals surface area contributed by atoms with Crippen LogP contribution in [-0.2, 0) is 9.53 Å². The van der Waals surface area contributed by atoms with E-state index in [4.69, 9.17) is 32.7 Å². The lowest BCUT2D eigenvalue weighted by molar-refractivity contribution is -0.123. The Morgan fingerprint density at radius 2 is 2.11 bits per heavy atom. The Balaban J connectivity index is 1.81. The van der Waals surface area contributed by atoms with Crippen LogP contribution < -0.4 is 10.1 Å². The highest BCUT2D eigenvalue weighted by molar-refractivity contribution is 6.34. The molecule has 0 bridgehead atoms. The molecule has 1 atom stereocenters. The van der Waals surface area contributed by atoms with E-state index in [1.54, 1.807) is 18.2 Å². The van der Waals surface area contributed by atoms with Gasteiger partial charge in [-0.3, -0.25) is 4.79 Å². The minimum atomic E-state index is -0.179. The number of carbonyl (C=O) groups is 1. The summed E-state index contributed by atoms with van der Waals surface area (Å²) in [5.41, 5.74) is 0. The molecule has 4 nitrogen and oxygen atoms in total. The third-order valence-electron chi connectivity index (χ3n) is 2.50. The Labute approximate surface area is 115 Å². The number of ether oxygens (including phenoxy) is 2. The van der Waals surface area contributed by atoms with E-state index in [1.165, 1.54) is 0 Å². The minimum Gasteiger partial charge on any atom is -0.484 e. The van der Waals surface area contributed by atoms with Gasteiger partial charge in [0.1, 0.15) is 5.75 Å². The van der Waals surface area contributed by atoms with Crippen molar-refractivity contribution in [2.75, 3.05) is 19.8 Å². The molecule has 1 aromatic rings. The molecule has 0 unspecified atom stereocenters. The van der Waals surface area contributed by atoms with E-state index in [9.17, 15) is 4.79 Å². The zero-order chi connectivity index (χ0) is 13.0. The second-order valence-electron chi connectivity index (χ2n) is 4.02. The van der Waals surface area contributed by atoms with Gasteiger partial charge in [-0.15, -0.1) is 0 Å². The van der Waals surface area contributed by atoms with E-state index >= 15 is 0 Å². The van der Waals surface area contributed by atoms with Gasteiger partial charge in [0.05, 0.1) is 12.6 Å². The van der Waals surface area contributed by atoms with Gasteiger partial charge in [-0.05, 0) is 24.6 Å². The highest BCUT2D eigenvalue weighted by Gasteiger charge is 2.17. The number of halogens is 2. The van der Waals surface area contributed by atoms with Crippen LogP contribution in [0.5, 0.6) is 5.75 Å². The van der Waals surface area contributed by atoms with Gasteiger partial charge in [0.15, 0.2) is 6.61 Å². The summed E-state index contributed by atoms with van der Waals surface area (Å²) in [7, 11) is 0. The molecule has 0 aromatic heterocycles. The van der Waals surface area contributed by atoms with Crippen molar-refractivity contribution in [2.45, 2.75) is 12.5 Å². The van der Waals surface area contributed by atoms with Crippen LogP contribution in [0.3, 0.4) is 0 Å². The maximum Gasteiger partial charge on any atom is 0.258 e. The third-order valence-corrected chi connectivity index (χ3v) is 2.94. The Hall–Kier alpha value is -0.970. The van der Waals surface area contributed by atoms with Gasteiger partial charge >= 0.3 is 0 Å². The molecule has 1 aromatic carbocycles. The van der Waals surface area contributed by atoms with E-state index in [0.717, 1.165) is 6.42 Å². The quantitative estimate of drug-likeness (QED) is 0.925. The number of amides is 1. The van der Waals surface area contributed by atoms with Gasteiger partial charge in [-0.25, -0.2) is 0 Å². The van der Waals surface area contributed by atoms with Crippen molar-refractivity contribution in [3.05, 3.63) is 28.2 Å². The monoisotopic (exact) mass is 289 g/mol. The zero-order valence-corrected chi connectivity index (χ0v) is 11.1. The fraction of sp³-hybridized carbons (Fsp3) is 0.417. The second kappa shape index (κ2) is 6.27. The van der Waals surface area contributed by atoms with Crippen molar-refractivity contribution >= 4 is 29.1 Å². The zero-order valence-electron chi connectivity index (χ0n) is 9.62. The molecular formula is C12H13Cl2NO3. The van der Waals surface area contributed by atoms with Crippen LogP contribution in [0.1, 0.15) is 6.42 Å². The lowest BCUT2D eigenvalue weighted by atomic mass is 10.2. The number of hydrogen-bond donors (Lipinski definition) is 1. The van der Waals surface area contributed by atoms with Crippen molar-refractivity contribution in [1.82, 2.24) is 5.32 Å². The number of hydrogen-bond acceptors (Lipinski definition) is 3. The molecule has 1 aliphatic rings. The number of benzene rings is 1. The van der Waals surface area contributed by atoms with Crippen LogP contribution in [0, 0.1) is 0 Å². The fourth-order valence-corrected chi connectivity index (χ4v) is 2.18.